The van der Waals surface area contributed by atoms with Gasteiger partial charge in [-0.1, -0.05) is 39.0 Å². The lowest BCUT2D eigenvalue weighted by Crippen LogP contribution is -2.56. The van der Waals surface area contributed by atoms with Crippen LogP contribution in [0.15, 0.2) is 0 Å². The van der Waals surface area contributed by atoms with Crippen LogP contribution in [0.5, 0.6) is 0 Å². The van der Waals surface area contributed by atoms with Gasteiger partial charge in [-0.3, -0.25) is 0 Å². The Kier molecular flexibility index (Phi) is 7.53. The molecule has 0 spiro atoms. The van der Waals surface area contributed by atoms with E-state index in [1.165, 1.54) is 64.5 Å². The van der Waals surface area contributed by atoms with E-state index in [-0.39, 0.29) is 0 Å². The Bertz CT molecular complexity index is 307. The molecule has 3 heteroatoms. The Morgan fingerprint density at radius 2 is 1.62 bits per heavy atom. The second-order valence-electron chi connectivity index (χ2n) is 7.10. The van der Waals surface area contributed by atoms with Gasteiger partial charge in [0.2, 0.25) is 0 Å². The molecule has 1 saturated heterocycles. The van der Waals surface area contributed by atoms with Crippen molar-refractivity contribution < 1.29 is 0 Å². The van der Waals surface area contributed by atoms with Gasteiger partial charge in [0.15, 0.2) is 0 Å². The van der Waals surface area contributed by atoms with Gasteiger partial charge < -0.3 is 10.6 Å². The predicted octanol–water partition coefficient (Wildman–Crippen LogP) is 3.81. The van der Waals surface area contributed by atoms with Crippen LogP contribution in [0.2, 0.25) is 0 Å². The molecule has 0 bridgehead atoms. The number of nitrogens with zero attached hydrogens (tertiary/aromatic N) is 1. The molecular weight excluding hydrogens is 258 g/mol. The van der Waals surface area contributed by atoms with Crippen LogP contribution in [-0.4, -0.2) is 19.3 Å². The summed E-state index contributed by atoms with van der Waals surface area (Å²) in [7, 11) is 0. The van der Waals surface area contributed by atoms with Crippen LogP contribution in [0.3, 0.4) is 0 Å². The third kappa shape index (κ3) is 5.60. The van der Waals surface area contributed by atoms with E-state index in [1.54, 1.807) is 0 Å². The molecule has 1 heterocycles. The topological polar surface area (TPSA) is 47.9 Å². The van der Waals surface area contributed by atoms with Gasteiger partial charge in [0.05, 0.1) is 12.2 Å². The average Bonchev–Trinajstić information content (AvgIpc) is 2.55. The van der Waals surface area contributed by atoms with Crippen molar-refractivity contribution in [2.45, 2.75) is 77.3 Å². The van der Waals surface area contributed by atoms with Gasteiger partial charge in [0, 0.05) is 19.0 Å². The van der Waals surface area contributed by atoms with Gasteiger partial charge in [-0.15, -0.1) is 0 Å². The van der Waals surface area contributed by atoms with Crippen molar-refractivity contribution in [2.75, 3.05) is 13.1 Å². The standard InChI is InChI=1S/C18H33N3/c1-2-3-4-5-6-7-16-13-20-18(21-14-16)17-10-8-15(12-19)9-11-17/h15-18,20-21H,2-11,13-14H2,1H3. The summed E-state index contributed by atoms with van der Waals surface area (Å²) in [6, 6.07) is 2.43. The highest BCUT2D eigenvalue weighted by Gasteiger charge is 2.30. The molecule has 120 valence electrons. The maximum atomic E-state index is 8.98. The third-order valence-corrected chi connectivity index (χ3v) is 5.39. The number of nitrogens with one attached hydrogen (secondary N) is 2. The van der Waals surface area contributed by atoms with Crippen LogP contribution < -0.4 is 10.6 Å². The summed E-state index contributed by atoms with van der Waals surface area (Å²) in [6.45, 7) is 4.65. The fourth-order valence-electron chi connectivity index (χ4n) is 3.89. The molecule has 0 unspecified atom stereocenters. The number of nitriles is 1. The Morgan fingerprint density at radius 1 is 0.952 bits per heavy atom. The van der Waals surface area contributed by atoms with Gasteiger partial charge in [0.25, 0.3) is 0 Å². The molecule has 2 rings (SSSR count). The molecule has 2 aliphatic rings. The van der Waals surface area contributed by atoms with Gasteiger partial charge in [-0.2, -0.15) is 5.26 Å². The van der Waals surface area contributed by atoms with Gasteiger partial charge in [-0.05, 0) is 43.9 Å². The minimum absolute atomic E-state index is 0.320. The maximum absolute atomic E-state index is 8.98. The molecule has 0 amide bonds. The van der Waals surface area contributed by atoms with Crippen molar-refractivity contribution >= 4 is 0 Å². The van der Waals surface area contributed by atoms with Crippen molar-refractivity contribution in [1.82, 2.24) is 10.6 Å². The van der Waals surface area contributed by atoms with E-state index in [4.69, 9.17) is 5.26 Å². The van der Waals surface area contributed by atoms with Gasteiger partial charge >= 0.3 is 0 Å². The van der Waals surface area contributed by atoms with Gasteiger partial charge in [0.1, 0.15) is 0 Å². The van der Waals surface area contributed by atoms with Crippen molar-refractivity contribution in [1.29, 1.82) is 5.26 Å². The van der Waals surface area contributed by atoms with Crippen molar-refractivity contribution in [3.8, 4) is 6.07 Å². The fraction of sp³-hybridized carbons (Fsp3) is 0.944. The summed E-state index contributed by atoms with van der Waals surface area (Å²) in [5.74, 6) is 1.87. The minimum Gasteiger partial charge on any atom is -0.301 e. The molecule has 0 radical (unpaired) electrons. The second-order valence-corrected chi connectivity index (χ2v) is 7.10. The van der Waals surface area contributed by atoms with E-state index >= 15 is 0 Å². The summed E-state index contributed by atoms with van der Waals surface area (Å²) >= 11 is 0. The van der Waals surface area contributed by atoms with E-state index in [9.17, 15) is 0 Å². The summed E-state index contributed by atoms with van der Waals surface area (Å²) < 4.78 is 0. The quantitative estimate of drug-likeness (QED) is 0.701. The first-order chi connectivity index (χ1) is 10.3. The Labute approximate surface area is 130 Å². The molecule has 1 aliphatic carbocycles. The number of unbranched alkanes of at least 4 members (excludes halogenated alkanes) is 4. The Hall–Kier alpha value is -0.590. The second kappa shape index (κ2) is 9.43. The fourth-order valence-corrected chi connectivity index (χ4v) is 3.89. The monoisotopic (exact) mass is 291 g/mol. The highest BCUT2D eigenvalue weighted by atomic mass is 15.2. The summed E-state index contributed by atoms with van der Waals surface area (Å²) in [5.41, 5.74) is 0. The predicted molar refractivity (Wildman–Crippen MR) is 87.7 cm³/mol. The molecule has 3 nitrogen and oxygen atoms in total. The van der Waals surface area contributed by atoms with E-state index in [0.29, 0.717) is 12.1 Å². The number of rotatable bonds is 7. The molecule has 2 fully saturated rings. The largest absolute Gasteiger partial charge is 0.301 e. The first-order valence-electron chi connectivity index (χ1n) is 9.19. The van der Waals surface area contributed by atoms with Crippen LogP contribution in [0.4, 0.5) is 0 Å². The smallest absolute Gasteiger partial charge is 0.0655 e. The van der Waals surface area contributed by atoms with E-state index < -0.39 is 0 Å². The highest BCUT2D eigenvalue weighted by molar-refractivity contribution is 4.91. The lowest BCUT2D eigenvalue weighted by molar-refractivity contribution is 0.172. The van der Waals surface area contributed by atoms with E-state index in [1.807, 2.05) is 0 Å². The van der Waals surface area contributed by atoms with Crippen molar-refractivity contribution in [2.24, 2.45) is 17.8 Å². The summed E-state index contributed by atoms with van der Waals surface area (Å²) in [4.78, 5) is 0. The first-order valence-corrected chi connectivity index (χ1v) is 9.19. The number of hydrogen-bond acceptors (Lipinski definition) is 3. The molecule has 0 aromatic carbocycles. The molecule has 1 saturated carbocycles. The minimum atomic E-state index is 0.320. The van der Waals surface area contributed by atoms with Crippen LogP contribution in [0.25, 0.3) is 0 Å². The zero-order valence-corrected chi connectivity index (χ0v) is 13.7. The van der Waals surface area contributed by atoms with Crippen molar-refractivity contribution in [3.63, 3.8) is 0 Å². The lowest BCUT2D eigenvalue weighted by Gasteiger charge is -2.38. The zero-order chi connectivity index (χ0) is 14.9. The van der Waals surface area contributed by atoms with E-state index in [2.05, 4.69) is 23.6 Å². The molecule has 2 N–H and O–H groups in total. The molecule has 0 aromatic heterocycles. The lowest BCUT2D eigenvalue weighted by atomic mass is 9.80. The van der Waals surface area contributed by atoms with Gasteiger partial charge in [-0.25, -0.2) is 0 Å². The van der Waals surface area contributed by atoms with E-state index in [0.717, 1.165) is 24.7 Å². The molecule has 1 aliphatic heterocycles. The van der Waals surface area contributed by atoms with Crippen LogP contribution in [0, 0.1) is 29.1 Å². The summed E-state index contributed by atoms with van der Waals surface area (Å²) in [5, 5.41) is 16.4. The molecule has 0 aromatic rings. The first kappa shape index (κ1) is 16.8. The molecule has 0 atom stereocenters. The molecular formula is C18H33N3. The summed E-state index contributed by atoms with van der Waals surface area (Å²) in [6.07, 6.45) is 13.4. The third-order valence-electron chi connectivity index (χ3n) is 5.39. The maximum Gasteiger partial charge on any atom is 0.0655 e. The SMILES string of the molecule is CCCCCCCC1CNC(C2CCC(C#N)CC2)NC1. The van der Waals surface area contributed by atoms with Crippen LogP contribution in [-0.2, 0) is 0 Å². The van der Waals surface area contributed by atoms with Crippen LogP contribution >= 0.6 is 0 Å². The Balaban J connectivity index is 1.57. The van der Waals surface area contributed by atoms with Crippen LogP contribution in [0.1, 0.15) is 71.1 Å². The average molecular weight is 291 g/mol. The Morgan fingerprint density at radius 3 is 2.24 bits per heavy atom. The normalized spacial score (nSPS) is 33.5. The van der Waals surface area contributed by atoms with Crippen molar-refractivity contribution in [3.05, 3.63) is 0 Å². The highest BCUT2D eigenvalue weighted by Crippen LogP contribution is 2.30. The zero-order valence-electron chi connectivity index (χ0n) is 13.7. The molecule has 21 heavy (non-hydrogen) atoms. The number of hydrogen-bond donors (Lipinski definition) is 2.